The van der Waals surface area contributed by atoms with Crippen LogP contribution in [0.1, 0.15) is 13.3 Å². The Morgan fingerprint density at radius 1 is 1.67 bits per heavy atom. The molecule has 9 heavy (non-hydrogen) atoms. The van der Waals surface area contributed by atoms with Gasteiger partial charge in [0, 0.05) is 5.92 Å². The predicted molar refractivity (Wildman–Crippen MR) is 33.9 cm³/mol. The molecule has 0 saturated carbocycles. The number of rotatable bonds is 1. The van der Waals surface area contributed by atoms with Crippen molar-refractivity contribution in [2.24, 2.45) is 5.92 Å². The van der Waals surface area contributed by atoms with Gasteiger partial charge >= 0.3 is 0 Å². The number of carbonyl (C=O) groups excluding carboxylic acids is 1. The maximum absolute atomic E-state index is 10.6. The van der Waals surface area contributed by atoms with Crippen LogP contribution in [0, 0.1) is 5.92 Å². The molecule has 2 nitrogen and oxygen atoms in total. The molecule has 2 atom stereocenters. The highest BCUT2D eigenvalue weighted by molar-refractivity contribution is 5.80. The van der Waals surface area contributed by atoms with Gasteiger partial charge in [-0.1, -0.05) is 12.2 Å². The van der Waals surface area contributed by atoms with Crippen molar-refractivity contribution < 1.29 is 9.90 Å². The maximum atomic E-state index is 10.6. The van der Waals surface area contributed by atoms with Gasteiger partial charge in [0.05, 0.1) is 6.10 Å². The van der Waals surface area contributed by atoms with E-state index in [1.54, 1.807) is 19.1 Å². The summed E-state index contributed by atoms with van der Waals surface area (Å²) in [6, 6.07) is 0. The normalized spacial score (nSPS) is 33.1. The van der Waals surface area contributed by atoms with Crippen LogP contribution in [-0.2, 0) is 4.79 Å². The summed E-state index contributed by atoms with van der Waals surface area (Å²) < 4.78 is 0. The van der Waals surface area contributed by atoms with E-state index in [1.807, 2.05) is 0 Å². The minimum absolute atomic E-state index is 0.0278. The molecule has 0 unspecified atom stereocenters. The summed E-state index contributed by atoms with van der Waals surface area (Å²) in [5.41, 5.74) is 0. The lowest BCUT2D eigenvalue weighted by atomic mass is 10.1. The number of carbonyl (C=O) groups is 1. The van der Waals surface area contributed by atoms with Gasteiger partial charge in [-0.2, -0.15) is 0 Å². The standard InChI is InChI=1S/C7H10O2/c1-5(8)6-2-3-7(9)4-6/h2-3,6-7,9H,4H2,1H3/t6-,7+/m0/s1. The van der Waals surface area contributed by atoms with Crippen molar-refractivity contribution in [1.29, 1.82) is 0 Å². The van der Waals surface area contributed by atoms with E-state index in [2.05, 4.69) is 0 Å². The second-order valence-corrected chi connectivity index (χ2v) is 2.41. The Morgan fingerprint density at radius 2 is 2.33 bits per heavy atom. The van der Waals surface area contributed by atoms with Crippen LogP contribution in [-0.4, -0.2) is 17.0 Å². The van der Waals surface area contributed by atoms with Crippen LogP contribution < -0.4 is 0 Å². The third-order valence-corrected chi connectivity index (χ3v) is 1.58. The van der Waals surface area contributed by atoms with Crippen molar-refractivity contribution >= 4 is 5.78 Å². The van der Waals surface area contributed by atoms with Crippen LogP contribution in [0.15, 0.2) is 12.2 Å². The number of aliphatic hydroxyl groups is 1. The molecule has 0 aromatic carbocycles. The van der Waals surface area contributed by atoms with Gasteiger partial charge in [0.15, 0.2) is 0 Å². The van der Waals surface area contributed by atoms with Crippen LogP contribution in [0.2, 0.25) is 0 Å². The van der Waals surface area contributed by atoms with Crippen molar-refractivity contribution in [3.63, 3.8) is 0 Å². The Morgan fingerprint density at radius 3 is 2.56 bits per heavy atom. The molecule has 0 aromatic heterocycles. The molecule has 0 amide bonds. The average molecular weight is 126 g/mol. The second kappa shape index (κ2) is 2.31. The number of hydrogen-bond donors (Lipinski definition) is 1. The Hall–Kier alpha value is -0.630. The van der Waals surface area contributed by atoms with E-state index < -0.39 is 0 Å². The Labute approximate surface area is 54.2 Å². The van der Waals surface area contributed by atoms with E-state index in [9.17, 15) is 4.79 Å². The molecular formula is C7H10O2. The molecule has 1 N–H and O–H groups in total. The number of ketones is 1. The molecule has 1 rings (SSSR count). The first-order chi connectivity index (χ1) is 4.20. The first kappa shape index (κ1) is 6.49. The first-order valence-corrected chi connectivity index (χ1v) is 3.07. The van der Waals surface area contributed by atoms with E-state index in [0.29, 0.717) is 6.42 Å². The Balaban J connectivity index is 2.50. The summed E-state index contributed by atoms with van der Waals surface area (Å²) in [4.78, 5) is 10.6. The molecule has 0 bridgehead atoms. The quantitative estimate of drug-likeness (QED) is 0.520. The number of allylic oxidation sites excluding steroid dienone is 1. The number of hydrogen-bond acceptors (Lipinski definition) is 2. The van der Waals surface area contributed by atoms with Crippen LogP contribution in [0.4, 0.5) is 0 Å². The molecule has 0 aliphatic heterocycles. The minimum Gasteiger partial charge on any atom is -0.389 e. The molecule has 0 radical (unpaired) electrons. The molecule has 0 aromatic rings. The van der Waals surface area contributed by atoms with E-state index in [0.717, 1.165) is 0 Å². The largest absolute Gasteiger partial charge is 0.389 e. The van der Waals surface area contributed by atoms with Crippen molar-refractivity contribution in [3.8, 4) is 0 Å². The zero-order valence-corrected chi connectivity index (χ0v) is 5.37. The monoisotopic (exact) mass is 126 g/mol. The van der Waals surface area contributed by atoms with Crippen LogP contribution >= 0.6 is 0 Å². The molecule has 1 aliphatic rings. The summed E-state index contributed by atoms with van der Waals surface area (Å²) >= 11 is 0. The fourth-order valence-corrected chi connectivity index (χ4v) is 0.981. The van der Waals surface area contributed by atoms with Crippen molar-refractivity contribution in [1.82, 2.24) is 0 Å². The number of aliphatic hydroxyl groups excluding tert-OH is 1. The van der Waals surface area contributed by atoms with Gasteiger partial charge in [-0.3, -0.25) is 4.79 Å². The fourth-order valence-electron chi connectivity index (χ4n) is 0.981. The fraction of sp³-hybridized carbons (Fsp3) is 0.571. The lowest BCUT2D eigenvalue weighted by Gasteiger charge is -2.01. The Kier molecular flexibility index (Phi) is 1.67. The summed E-state index contributed by atoms with van der Waals surface area (Å²) in [6.45, 7) is 1.55. The molecule has 2 heteroatoms. The van der Waals surface area contributed by atoms with E-state index in [-0.39, 0.29) is 17.8 Å². The SMILES string of the molecule is CC(=O)[C@H]1C=C[C@@H](O)C1. The lowest BCUT2D eigenvalue weighted by Crippen LogP contribution is -2.08. The van der Waals surface area contributed by atoms with Crippen LogP contribution in [0.3, 0.4) is 0 Å². The van der Waals surface area contributed by atoms with E-state index in [4.69, 9.17) is 5.11 Å². The molecule has 0 saturated heterocycles. The lowest BCUT2D eigenvalue weighted by molar-refractivity contribution is -0.119. The first-order valence-electron chi connectivity index (χ1n) is 3.07. The molecule has 50 valence electrons. The highest BCUT2D eigenvalue weighted by atomic mass is 16.3. The highest BCUT2D eigenvalue weighted by Gasteiger charge is 2.19. The third kappa shape index (κ3) is 1.39. The van der Waals surface area contributed by atoms with Gasteiger partial charge in [-0.25, -0.2) is 0 Å². The van der Waals surface area contributed by atoms with Crippen molar-refractivity contribution in [2.45, 2.75) is 19.4 Å². The average Bonchev–Trinajstić information content (AvgIpc) is 2.14. The number of Topliss-reactive ketones (excluding diaryl/α,β-unsaturated/α-hetero) is 1. The van der Waals surface area contributed by atoms with E-state index >= 15 is 0 Å². The zero-order valence-electron chi connectivity index (χ0n) is 5.37. The van der Waals surface area contributed by atoms with Crippen molar-refractivity contribution in [2.75, 3.05) is 0 Å². The summed E-state index contributed by atoms with van der Waals surface area (Å²) in [7, 11) is 0. The maximum Gasteiger partial charge on any atom is 0.136 e. The smallest absolute Gasteiger partial charge is 0.136 e. The zero-order chi connectivity index (χ0) is 6.85. The topological polar surface area (TPSA) is 37.3 Å². The van der Waals surface area contributed by atoms with Crippen LogP contribution in [0.25, 0.3) is 0 Å². The summed E-state index contributed by atoms with van der Waals surface area (Å²) in [6.07, 6.45) is 3.63. The predicted octanol–water partition coefficient (Wildman–Crippen LogP) is 0.512. The van der Waals surface area contributed by atoms with Gasteiger partial charge in [0.25, 0.3) is 0 Å². The summed E-state index contributed by atoms with van der Waals surface area (Å²) in [5.74, 6) is 0.114. The van der Waals surface area contributed by atoms with Gasteiger partial charge in [-0.05, 0) is 13.3 Å². The van der Waals surface area contributed by atoms with Crippen molar-refractivity contribution in [3.05, 3.63) is 12.2 Å². The Bertz CT molecular complexity index is 149. The van der Waals surface area contributed by atoms with Gasteiger partial charge < -0.3 is 5.11 Å². The molecule has 1 aliphatic carbocycles. The van der Waals surface area contributed by atoms with Crippen LogP contribution in [0.5, 0.6) is 0 Å². The minimum atomic E-state index is -0.390. The molecule has 0 heterocycles. The molecule has 0 fully saturated rings. The summed E-state index contributed by atoms with van der Waals surface area (Å²) in [5, 5.41) is 8.91. The highest BCUT2D eigenvalue weighted by Crippen LogP contribution is 2.17. The van der Waals surface area contributed by atoms with E-state index in [1.165, 1.54) is 0 Å². The molecule has 0 spiro atoms. The third-order valence-electron chi connectivity index (χ3n) is 1.58. The second-order valence-electron chi connectivity index (χ2n) is 2.41. The van der Waals surface area contributed by atoms with Gasteiger partial charge in [0.1, 0.15) is 5.78 Å². The van der Waals surface area contributed by atoms with Gasteiger partial charge in [0.2, 0.25) is 0 Å². The molecular weight excluding hydrogens is 116 g/mol. The van der Waals surface area contributed by atoms with Gasteiger partial charge in [-0.15, -0.1) is 0 Å².